The number of nitrogens with one attached hydrogen (secondary N) is 2. The van der Waals surface area contributed by atoms with E-state index < -0.39 is 0 Å². The Kier molecular flexibility index (Phi) is 4.90. The molecule has 0 aliphatic rings. The number of hydrogen-bond donors (Lipinski definition) is 2. The molecule has 3 nitrogen and oxygen atoms in total. The average molecular weight is 318 g/mol. The molecule has 0 aromatic carbocycles. The molecule has 0 radical (unpaired) electrons. The number of nitrogens with zero attached hydrogens (tertiary/aromatic N) is 1. The monoisotopic (exact) mass is 317 g/mol. The number of halogens is 1. The molecule has 0 aliphatic carbocycles. The van der Waals surface area contributed by atoms with Crippen molar-refractivity contribution in [2.24, 2.45) is 0 Å². The van der Waals surface area contributed by atoms with Gasteiger partial charge in [-0.1, -0.05) is 11.8 Å². The second-order valence-electron chi connectivity index (χ2n) is 3.15. The van der Waals surface area contributed by atoms with E-state index in [1.54, 1.807) is 29.3 Å². The predicted octanol–water partition coefficient (Wildman–Crippen LogP) is 3.12. The first kappa shape index (κ1) is 12.2. The fourth-order valence-corrected chi connectivity index (χ4v) is 3.35. The molecular formula is C10H12BrN3S2. The molecule has 0 unspecified atom stereocenters. The van der Waals surface area contributed by atoms with Gasteiger partial charge in [-0.15, -0.1) is 11.3 Å². The molecule has 0 saturated carbocycles. The molecule has 0 saturated heterocycles. The molecule has 0 fully saturated rings. The predicted molar refractivity (Wildman–Crippen MR) is 73.0 cm³/mol. The van der Waals surface area contributed by atoms with Gasteiger partial charge in [-0.05, 0) is 22.0 Å². The van der Waals surface area contributed by atoms with E-state index in [0.717, 1.165) is 24.0 Å². The highest BCUT2D eigenvalue weighted by Gasteiger charge is 1.98. The fraction of sp³-hybridized carbons (Fsp3) is 0.300. The Bertz CT molecular complexity index is 413. The van der Waals surface area contributed by atoms with Crippen molar-refractivity contribution in [2.45, 2.75) is 11.7 Å². The summed E-state index contributed by atoms with van der Waals surface area (Å²) >= 11 is 6.95. The zero-order chi connectivity index (χ0) is 11.2. The standard InChI is InChI=1S/C10H12BrN3S2/c11-8-5-9(16-7-8)6-12-3-4-15-10-13-1-2-14-10/h1-2,5,7,12H,3-4,6H2,(H,13,14). The highest BCUT2D eigenvalue weighted by atomic mass is 79.9. The number of imidazole rings is 1. The van der Waals surface area contributed by atoms with Crippen molar-refractivity contribution < 1.29 is 0 Å². The smallest absolute Gasteiger partial charge is 0.165 e. The van der Waals surface area contributed by atoms with Gasteiger partial charge in [0.2, 0.25) is 0 Å². The van der Waals surface area contributed by atoms with Crippen LogP contribution in [0.4, 0.5) is 0 Å². The summed E-state index contributed by atoms with van der Waals surface area (Å²) < 4.78 is 1.17. The fourth-order valence-electron chi connectivity index (χ4n) is 1.21. The zero-order valence-corrected chi connectivity index (χ0v) is 11.8. The Hall–Kier alpha value is -0.300. The number of aromatic nitrogens is 2. The summed E-state index contributed by atoms with van der Waals surface area (Å²) in [5.41, 5.74) is 0. The summed E-state index contributed by atoms with van der Waals surface area (Å²) in [6.07, 6.45) is 3.62. The van der Waals surface area contributed by atoms with Crippen molar-refractivity contribution in [3.63, 3.8) is 0 Å². The van der Waals surface area contributed by atoms with Crippen LogP contribution in [0.25, 0.3) is 0 Å². The van der Waals surface area contributed by atoms with E-state index in [1.165, 1.54) is 9.35 Å². The quantitative estimate of drug-likeness (QED) is 0.635. The van der Waals surface area contributed by atoms with Crippen molar-refractivity contribution in [2.75, 3.05) is 12.3 Å². The molecular weight excluding hydrogens is 306 g/mol. The van der Waals surface area contributed by atoms with Gasteiger partial charge >= 0.3 is 0 Å². The second kappa shape index (κ2) is 6.44. The Morgan fingerprint density at radius 2 is 2.50 bits per heavy atom. The number of thioether (sulfide) groups is 1. The lowest BCUT2D eigenvalue weighted by Crippen LogP contribution is -2.15. The summed E-state index contributed by atoms with van der Waals surface area (Å²) in [6, 6.07) is 2.15. The van der Waals surface area contributed by atoms with Gasteiger partial charge in [0.15, 0.2) is 5.16 Å². The van der Waals surface area contributed by atoms with Crippen LogP contribution in [0.1, 0.15) is 4.88 Å². The molecule has 16 heavy (non-hydrogen) atoms. The number of H-pyrrole nitrogens is 1. The molecule has 6 heteroatoms. The SMILES string of the molecule is Brc1csc(CNCCSc2ncc[nH]2)c1. The largest absolute Gasteiger partial charge is 0.340 e. The topological polar surface area (TPSA) is 40.7 Å². The first-order valence-corrected chi connectivity index (χ1v) is 7.56. The van der Waals surface area contributed by atoms with E-state index in [0.29, 0.717) is 0 Å². The molecule has 0 amide bonds. The minimum absolute atomic E-state index is 0.939. The maximum atomic E-state index is 4.15. The summed E-state index contributed by atoms with van der Waals surface area (Å²) in [7, 11) is 0. The van der Waals surface area contributed by atoms with E-state index in [-0.39, 0.29) is 0 Å². The van der Waals surface area contributed by atoms with Gasteiger partial charge in [0.05, 0.1) is 0 Å². The van der Waals surface area contributed by atoms with E-state index in [9.17, 15) is 0 Å². The maximum Gasteiger partial charge on any atom is 0.165 e. The van der Waals surface area contributed by atoms with Gasteiger partial charge in [0.1, 0.15) is 0 Å². The van der Waals surface area contributed by atoms with E-state index in [1.807, 2.05) is 6.20 Å². The van der Waals surface area contributed by atoms with Crippen molar-refractivity contribution >= 4 is 39.0 Å². The third-order valence-electron chi connectivity index (χ3n) is 1.91. The summed E-state index contributed by atoms with van der Waals surface area (Å²) in [5, 5.41) is 6.50. The van der Waals surface area contributed by atoms with Crippen LogP contribution in [0.15, 0.2) is 33.5 Å². The van der Waals surface area contributed by atoms with Gasteiger partial charge in [0.25, 0.3) is 0 Å². The van der Waals surface area contributed by atoms with Gasteiger partial charge in [-0.25, -0.2) is 4.98 Å². The first-order valence-electron chi connectivity index (χ1n) is 4.90. The minimum atomic E-state index is 0.939. The first-order chi connectivity index (χ1) is 7.84. The van der Waals surface area contributed by atoms with Crippen molar-refractivity contribution in [1.29, 1.82) is 0 Å². The van der Waals surface area contributed by atoms with Crippen LogP contribution < -0.4 is 5.32 Å². The molecule has 2 heterocycles. The molecule has 2 rings (SSSR count). The Morgan fingerprint density at radius 3 is 3.19 bits per heavy atom. The third-order valence-corrected chi connectivity index (χ3v) is 4.51. The summed E-state index contributed by atoms with van der Waals surface area (Å²) in [4.78, 5) is 8.58. The third kappa shape index (κ3) is 3.93. The summed E-state index contributed by atoms with van der Waals surface area (Å²) in [5.74, 6) is 1.03. The van der Waals surface area contributed by atoms with Crippen molar-refractivity contribution in [3.8, 4) is 0 Å². The van der Waals surface area contributed by atoms with Crippen molar-refractivity contribution in [3.05, 3.63) is 33.2 Å². The Balaban J connectivity index is 1.59. The zero-order valence-electron chi connectivity index (χ0n) is 8.57. The van der Waals surface area contributed by atoms with Crippen LogP contribution in [0.2, 0.25) is 0 Å². The number of rotatable bonds is 6. The van der Waals surface area contributed by atoms with Crippen LogP contribution in [0, 0.1) is 0 Å². The summed E-state index contributed by atoms with van der Waals surface area (Å²) in [6.45, 7) is 1.93. The Labute approximate surface area is 111 Å². The van der Waals surface area contributed by atoms with E-state index >= 15 is 0 Å². The molecule has 0 atom stereocenters. The lowest BCUT2D eigenvalue weighted by Gasteiger charge is -2.01. The lowest BCUT2D eigenvalue weighted by molar-refractivity contribution is 0.740. The number of hydrogen-bond acceptors (Lipinski definition) is 4. The highest BCUT2D eigenvalue weighted by Crippen LogP contribution is 2.19. The molecule has 0 bridgehead atoms. The van der Waals surface area contributed by atoms with E-state index in [2.05, 4.69) is 42.7 Å². The van der Waals surface area contributed by atoms with Crippen LogP contribution >= 0.6 is 39.0 Å². The lowest BCUT2D eigenvalue weighted by atomic mass is 10.4. The normalized spacial score (nSPS) is 10.8. The van der Waals surface area contributed by atoms with Crippen LogP contribution in [0.5, 0.6) is 0 Å². The van der Waals surface area contributed by atoms with Gasteiger partial charge < -0.3 is 10.3 Å². The molecule has 86 valence electrons. The molecule has 0 aliphatic heterocycles. The Morgan fingerprint density at radius 1 is 1.56 bits per heavy atom. The number of aromatic amines is 1. The molecule has 2 aromatic rings. The average Bonchev–Trinajstić information content (AvgIpc) is 2.89. The van der Waals surface area contributed by atoms with Gasteiger partial charge in [0, 0.05) is 46.0 Å². The minimum Gasteiger partial charge on any atom is -0.340 e. The molecule has 2 N–H and O–H groups in total. The van der Waals surface area contributed by atoms with Gasteiger partial charge in [-0.3, -0.25) is 0 Å². The van der Waals surface area contributed by atoms with Gasteiger partial charge in [-0.2, -0.15) is 0 Å². The second-order valence-corrected chi connectivity index (χ2v) is 6.15. The number of thiophene rings is 1. The van der Waals surface area contributed by atoms with Crippen molar-refractivity contribution in [1.82, 2.24) is 15.3 Å². The molecule has 2 aromatic heterocycles. The molecule has 0 spiro atoms. The highest BCUT2D eigenvalue weighted by molar-refractivity contribution is 9.10. The van der Waals surface area contributed by atoms with Crippen LogP contribution in [-0.2, 0) is 6.54 Å². The maximum absolute atomic E-state index is 4.15. The van der Waals surface area contributed by atoms with Crippen LogP contribution in [-0.4, -0.2) is 22.3 Å². The van der Waals surface area contributed by atoms with Crippen LogP contribution in [0.3, 0.4) is 0 Å². The van der Waals surface area contributed by atoms with E-state index in [4.69, 9.17) is 0 Å².